The SMILES string of the molecule is CCCC(C)CC(C)(CC)CCC(C)C(C)(CC)CCCC(C)C. The second-order valence-corrected chi connectivity index (χ2v) is 10.00. The molecule has 0 aromatic rings. The minimum Gasteiger partial charge on any atom is -0.0654 e. The van der Waals surface area contributed by atoms with Crippen molar-refractivity contribution in [2.24, 2.45) is 28.6 Å². The molecular formula is C24H50. The van der Waals surface area contributed by atoms with E-state index in [1.165, 1.54) is 64.2 Å². The van der Waals surface area contributed by atoms with E-state index in [2.05, 4.69) is 62.3 Å². The van der Waals surface area contributed by atoms with Crippen molar-refractivity contribution in [1.82, 2.24) is 0 Å². The predicted molar refractivity (Wildman–Crippen MR) is 113 cm³/mol. The van der Waals surface area contributed by atoms with Gasteiger partial charge in [0.15, 0.2) is 0 Å². The second-order valence-electron chi connectivity index (χ2n) is 10.00. The van der Waals surface area contributed by atoms with Gasteiger partial charge < -0.3 is 0 Å². The zero-order valence-corrected chi connectivity index (χ0v) is 18.8. The van der Waals surface area contributed by atoms with E-state index >= 15 is 0 Å². The first-order chi connectivity index (χ1) is 11.1. The second kappa shape index (κ2) is 11.6. The summed E-state index contributed by atoms with van der Waals surface area (Å²) in [6, 6.07) is 0. The highest BCUT2D eigenvalue weighted by atomic mass is 14.4. The van der Waals surface area contributed by atoms with Gasteiger partial charge in [-0.1, -0.05) is 101 Å². The van der Waals surface area contributed by atoms with Gasteiger partial charge in [-0.15, -0.1) is 0 Å². The zero-order valence-electron chi connectivity index (χ0n) is 18.8. The highest BCUT2D eigenvalue weighted by Gasteiger charge is 2.31. The largest absolute Gasteiger partial charge is 0.0654 e. The van der Waals surface area contributed by atoms with Crippen LogP contribution in [0.3, 0.4) is 0 Å². The number of hydrogen-bond donors (Lipinski definition) is 0. The Labute approximate surface area is 155 Å². The van der Waals surface area contributed by atoms with Crippen LogP contribution in [0.1, 0.15) is 127 Å². The minimum atomic E-state index is 0.540. The predicted octanol–water partition coefficient (Wildman–Crippen LogP) is 8.89. The van der Waals surface area contributed by atoms with Crippen LogP contribution in [0.4, 0.5) is 0 Å². The Morgan fingerprint density at radius 1 is 0.750 bits per heavy atom. The average Bonchev–Trinajstić information content (AvgIpc) is 2.52. The van der Waals surface area contributed by atoms with Gasteiger partial charge in [0.25, 0.3) is 0 Å². The summed E-state index contributed by atoms with van der Waals surface area (Å²) in [6.45, 7) is 22.0. The third kappa shape index (κ3) is 8.91. The number of rotatable bonds is 14. The molecule has 0 spiro atoms. The van der Waals surface area contributed by atoms with Gasteiger partial charge in [0.05, 0.1) is 0 Å². The third-order valence-electron chi connectivity index (χ3n) is 7.18. The van der Waals surface area contributed by atoms with Gasteiger partial charge >= 0.3 is 0 Å². The molecule has 0 amide bonds. The van der Waals surface area contributed by atoms with Gasteiger partial charge in [-0.3, -0.25) is 0 Å². The summed E-state index contributed by atoms with van der Waals surface area (Å²) in [5.74, 6) is 2.59. The van der Waals surface area contributed by atoms with E-state index < -0.39 is 0 Å². The van der Waals surface area contributed by atoms with Crippen molar-refractivity contribution in [3.8, 4) is 0 Å². The highest BCUT2D eigenvalue weighted by Crippen LogP contribution is 2.43. The Morgan fingerprint density at radius 3 is 1.83 bits per heavy atom. The van der Waals surface area contributed by atoms with E-state index in [1.54, 1.807) is 0 Å². The lowest BCUT2D eigenvalue weighted by atomic mass is 9.67. The van der Waals surface area contributed by atoms with E-state index in [-0.39, 0.29) is 0 Å². The Morgan fingerprint density at radius 2 is 1.38 bits per heavy atom. The fraction of sp³-hybridized carbons (Fsp3) is 1.00. The fourth-order valence-corrected chi connectivity index (χ4v) is 4.46. The molecule has 0 fully saturated rings. The molecule has 0 rings (SSSR count). The molecule has 146 valence electrons. The zero-order chi connectivity index (χ0) is 18.8. The van der Waals surface area contributed by atoms with Gasteiger partial charge in [-0.05, 0) is 54.3 Å². The monoisotopic (exact) mass is 338 g/mol. The minimum absolute atomic E-state index is 0.540. The molecule has 0 aliphatic rings. The van der Waals surface area contributed by atoms with Gasteiger partial charge in [-0.25, -0.2) is 0 Å². The van der Waals surface area contributed by atoms with Crippen LogP contribution < -0.4 is 0 Å². The summed E-state index contributed by atoms with van der Waals surface area (Å²) in [5, 5.41) is 0. The molecule has 0 heterocycles. The van der Waals surface area contributed by atoms with Crippen LogP contribution in [0.25, 0.3) is 0 Å². The Kier molecular flexibility index (Phi) is 11.6. The lowest BCUT2D eigenvalue weighted by Crippen LogP contribution is -2.27. The van der Waals surface area contributed by atoms with Crippen molar-refractivity contribution < 1.29 is 0 Å². The van der Waals surface area contributed by atoms with Crippen LogP contribution in [-0.2, 0) is 0 Å². The molecule has 4 unspecified atom stereocenters. The maximum atomic E-state index is 2.56. The van der Waals surface area contributed by atoms with Gasteiger partial charge in [0.2, 0.25) is 0 Å². The summed E-state index contributed by atoms with van der Waals surface area (Å²) >= 11 is 0. The first-order valence-electron chi connectivity index (χ1n) is 11.1. The molecule has 0 aliphatic carbocycles. The van der Waals surface area contributed by atoms with Crippen molar-refractivity contribution in [1.29, 1.82) is 0 Å². The van der Waals surface area contributed by atoms with E-state index in [0.717, 1.165) is 17.8 Å². The van der Waals surface area contributed by atoms with Crippen molar-refractivity contribution in [2.75, 3.05) is 0 Å². The Hall–Kier alpha value is 0. The van der Waals surface area contributed by atoms with Crippen LogP contribution in [0.15, 0.2) is 0 Å². The van der Waals surface area contributed by atoms with Gasteiger partial charge in [0, 0.05) is 0 Å². The molecule has 0 radical (unpaired) electrons. The normalized spacial score (nSPS) is 19.8. The molecule has 24 heavy (non-hydrogen) atoms. The molecule has 0 saturated carbocycles. The molecule has 0 N–H and O–H groups in total. The van der Waals surface area contributed by atoms with Crippen molar-refractivity contribution in [3.63, 3.8) is 0 Å². The first-order valence-corrected chi connectivity index (χ1v) is 11.1. The number of hydrogen-bond acceptors (Lipinski definition) is 0. The molecule has 0 bridgehead atoms. The van der Waals surface area contributed by atoms with Crippen LogP contribution in [0.5, 0.6) is 0 Å². The lowest BCUT2D eigenvalue weighted by Gasteiger charge is -2.39. The van der Waals surface area contributed by atoms with Crippen LogP contribution in [0.2, 0.25) is 0 Å². The standard InChI is InChI=1S/C24H50/c1-10-14-21(6)19-23(8,11-2)18-16-22(7)24(9,12-3)17-13-15-20(4)5/h20-22H,10-19H2,1-9H3. The Bertz CT molecular complexity index is 305. The smallest absolute Gasteiger partial charge is 0.0303 e. The molecule has 0 aromatic carbocycles. The van der Waals surface area contributed by atoms with E-state index in [1.807, 2.05) is 0 Å². The van der Waals surface area contributed by atoms with Crippen LogP contribution in [-0.4, -0.2) is 0 Å². The fourth-order valence-electron chi connectivity index (χ4n) is 4.46. The molecule has 4 atom stereocenters. The molecule has 0 heteroatoms. The molecule has 0 nitrogen and oxygen atoms in total. The third-order valence-corrected chi connectivity index (χ3v) is 7.18. The van der Waals surface area contributed by atoms with Crippen LogP contribution >= 0.6 is 0 Å². The van der Waals surface area contributed by atoms with E-state index in [0.29, 0.717) is 10.8 Å². The molecule has 0 aromatic heterocycles. The summed E-state index contributed by atoms with van der Waals surface area (Å²) < 4.78 is 0. The average molecular weight is 339 g/mol. The van der Waals surface area contributed by atoms with Crippen molar-refractivity contribution in [3.05, 3.63) is 0 Å². The van der Waals surface area contributed by atoms with Crippen LogP contribution in [0, 0.1) is 28.6 Å². The van der Waals surface area contributed by atoms with E-state index in [9.17, 15) is 0 Å². The summed E-state index contributed by atoms with van der Waals surface area (Å²) in [6.07, 6.45) is 13.9. The summed E-state index contributed by atoms with van der Waals surface area (Å²) in [5.41, 5.74) is 1.09. The molecule has 0 aliphatic heterocycles. The maximum absolute atomic E-state index is 2.56. The maximum Gasteiger partial charge on any atom is -0.0303 e. The lowest BCUT2D eigenvalue weighted by molar-refractivity contribution is 0.124. The highest BCUT2D eigenvalue weighted by molar-refractivity contribution is 4.83. The van der Waals surface area contributed by atoms with Crippen molar-refractivity contribution >= 4 is 0 Å². The quantitative estimate of drug-likeness (QED) is 0.296. The van der Waals surface area contributed by atoms with E-state index in [4.69, 9.17) is 0 Å². The first kappa shape index (κ1) is 24.0. The van der Waals surface area contributed by atoms with Gasteiger partial charge in [0.1, 0.15) is 0 Å². The van der Waals surface area contributed by atoms with Gasteiger partial charge in [-0.2, -0.15) is 0 Å². The summed E-state index contributed by atoms with van der Waals surface area (Å²) in [7, 11) is 0. The van der Waals surface area contributed by atoms with Crippen molar-refractivity contribution in [2.45, 2.75) is 127 Å². The molecule has 0 saturated heterocycles. The summed E-state index contributed by atoms with van der Waals surface area (Å²) in [4.78, 5) is 0. The Balaban J connectivity index is 4.59. The topological polar surface area (TPSA) is 0 Å². The molecular weight excluding hydrogens is 288 g/mol.